The van der Waals surface area contributed by atoms with Gasteiger partial charge >= 0.3 is 0 Å². The Labute approximate surface area is 289 Å². The molecule has 0 saturated carbocycles. The minimum atomic E-state index is -0.0669. The highest BCUT2D eigenvalue weighted by Gasteiger charge is 2.37. The summed E-state index contributed by atoms with van der Waals surface area (Å²) in [7, 11) is 0. The highest BCUT2D eigenvalue weighted by Crippen LogP contribution is 2.56. The number of hydrogen-bond acceptors (Lipinski definition) is 3. The van der Waals surface area contributed by atoms with Crippen LogP contribution < -0.4 is 0 Å². The van der Waals surface area contributed by atoms with Gasteiger partial charge in [0.15, 0.2) is 0 Å². The molecule has 1 aliphatic carbocycles. The van der Waals surface area contributed by atoms with Crippen molar-refractivity contribution in [3.05, 3.63) is 157 Å². The molecule has 230 valence electrons. The van der Waals surface area contributed by atoms with E-state index in [2.05, 4.69) is 134 Å². The number of hydrogen-bond donors (Lipinski definition) is 0. The van der Waals surface area contributed by atoms with Gasteiger partial charge in [-0.1, -0.05) is 105 Å². The zero-order valence-electron chi connectivity index (χ0n) is 26.8. The van der Waals surface area contributed by atoms with E-state index < -0.39 is 0 Å². The van der Waals surface area contributed by atoms with Crippen LogP contribution in [0.1, 0.15) is 36.2 Å². The van der Waals surface area contributed by atoms with Crippen molar-refractivity contribution >= 4 is 46.6 Å². The van der Waals surface area contributed by atoms with Crippen LogP contribution in [-0.4, -0.2) is 9.55 Å². The summed E-state index contributed by atoms with van der Waals surface area (Å²) in [6.45, 7) is 13.1. The van der Waals surface area contributed by atoms with Gasteiger partial charge in [-0.3, -0.25) is 4.98 Å². The maximum atomic E-state index is 4.52. The third-order valence-corrected chi connectivity index (χ3v) is 12.4. The number of fused-ring (bicyclic) bond motifs is 6. The van der Waals surface area contributed by atoms with E-state index >= 15 is 0 Å². The smallest absolute Gasteiger partial charge is 0.0701 e. The van der Waals surface area contributed by atoms with Gasteiger partial charge < -0.3 is 4.57 Å². The topological polar surface area (TPSA) is 17.8 Å². The van der Waals surface area contributed by atoms with E-state index in [9.17, 15) is 0 Å². The average Bonchev–Trinajstić information content (AvgIpc) is 3.56. The van der Waals surface area contributed by atoms with E-state index in [0.717, 1.165) is 39.1 Å². The van der Waals surface area contributed by atoms with Crippen LogP contribution in [0.5, 0.6) is 0 Å². The van der Waals surface area contributed by atoms with Crippen molar-refractivity contribution in [2.45, 2.75) is 38.8 Å². The van der Waals surface area contributed by atoms with Crippen molar-refractivity contribution in [1.82, 2.24) is 9.55 Å². The Bertz CT molecular complexity index is 2450. The third kappa shape index (κ3) is 4.40. The molecule has 7 aromatic rings. The molecule has 0 unspecified atom stereocenters. The van der Waals surface area contributed by atoms with Gasteiger partial charge in [-0.15, -0.1) is 0 Å². The van der Waals surface area contributed by atoms with Crippen LogP contribution in [-0.2, 0) is 5.41 Å². The van der Waals surface area contributed by atoms with Gasteiger partial charge in [0.25, 0.3) is 0 Å². The number of pyridine rings is 1. The van der Waals surface area contributed by atoms with Crippen LogP contribution in [0.2, 0.25) is 0 Å². The molecule has 5 aromatic carbocycles. The maximum absolute atomic E-state index is 4.52. The Kier molecular flexibility index (Phi) is 6.69. The number of rotatable bonds is 5. The van der Waals surface area contributed by atoms with E-state index in [0.29, 0.717) is 0 Å². The van der Waals surface area contributed by atoms with Gasteiger partial charge in [0.2, 0.25) is 0 Å². The summed E-state index contributed by atoms with van der Waals surface area (Å²) >= 11 is 3.78. The molecule has 0 N–H and O–H groups in total. The first-order valence-electron chi connectivity index (χ1n) is 16.2. The fraction of sp³-hybridized carbons (Fsp3) is 0.0682. The SMILES string of the molecule is C=Cc1c(C=C)n(-c2ccc(-c3ccccn3)cc2)c2ccc(-c3ccc4c(c3)-c3cc5c(cc3C4(C)C)Sc3ccccc3S5)cc12. The molecule has 2 aromatic heterocycles. The lowest BCUT2D eigenvalue weighted by atomic mass is 9.82. The molecule has 0 bridgehead atoms. The predicted octanol–water partition coefficient (Wildman–Crippen LogP) is 12.6. The predicted molar refractivity (Wildman–Crippen MR) is 204 cm³/mol. The Balaban J connectivity index is 1.14. The second-order valence-electron chi connectivity index (χ2n) is 12.9. The Morgan fingerprint density at radius 3 is 2.00 bits per heavy atom. The molecular weight excluding hydrogens is 621 g/mol. The minimum Gasteiger partial charge on any atom is -0.309 e. The van der Waals surface area contributed by atoms with Gasteiger partial charge in [0, 0.05) is 53.4 Å². The maximum Gasteiger partial charge on any atom is 0.0701 e. The standard InChI is InChI=1S/C44H32N2S2/c1-5-31-34-24-29(17-21-39(34)46(38(31)6-2)30-18-14-27(15-19-30)37-11-9-10-22-45-37)28-16-20-35-32(23-28)33-25-42-43(26-36(33)44(35,3)4)48-41-13-8-7-12-40(41)47-42/h5-26H,1-2H2,3-4H3. The molecule has 0 radical (unpaired) electrons. The molecule has 0 fully saturated rings. The van der Waals surface area contributed by atoms with Crippen LogP contribution in [0, 0.1) is 0 Å². The minimum absolute atomic E-state index is 0.0669. The fourth-order valence-electron chi connectivity index (χ4n) is 7.48. The van der Waals surface area contributed by atoms with Crippen LogP contribution >= 0.6 is 23.5 Å². The van der Waals surface area contributed by atoms with E-state index in [4.69, 9.17) is 0 Å². The summed E-state index contributed by atoms with van der Waals surface area (Å²) < 4.78 is 2.28. The molecule has 2 nitrogen and oxygen atoms in total. The van der Waals surface area contributed by atoms with Gasteiger partial charge in [-0.05, 0) is 106 Å². The molecule has 0 atom stereocenters. The van der Waals surface area contributed by atoms with Gasteiger partial charge in [-0.25, -0.2) is 0 Å². The summed E-state index contributed by atoms with van der Waals surface area (Å²) in [5, 5.41) is 1.16. The van der Waals surface area contributed by atoms with Crippen molar-refractivity contribution in [2.75, 3.05) is 0 Å². The van der Waals surface area contributed by atoms with Crippen LogP contribution in [0.4, 0.5) is 0 Å². The van der Waals surface area contributed by atoms with Gasteiger partial charge in [-0.2, -0.15) is 0 Å². The van der Waals surface area contributed by atoms with Crippen molar-refractivity contribution in [2.24, 2.45) is 0 Å². The zero-order chi connectivity index (χ0) is 32.6. The lowest BCUT2D eigenvalue weighted by Gasteiger charge is -2.24. The Morgan fingerprint density at radius 1 is 0.625 bits per heavy atom. The highest BCUT2D eigenvalue weighted by atomic mass is 32.2. The van der Waals surface area contributed by atoms with Crippen molar-refractivity contribution < 1.29 is 0 Å². The van der Waals surface area contributed by atoms with Crippen LogP contribution in [0.15, 0.2) is 154 Å². The summed E-state index contributed by atoms with van der Waals surface area (Å²) in [5.74, 6) is 0. The van der Waals surface area contributed by atoms with Crippen molar-refractivity contribution in [3.8, 4) is 39.2 Å². The first-order valence-corrected chi connectivity index (χ1v) is 17.8. The molecule has 4 heteroatoms. The van der Waals surface area contributed by atoms with Gasteiger partial charge in [0.1, 0.15) is 0 Å². The van der Waals surface area contributed by atoms with Crippen LogP contribution in [0.3, 0.4) is 0 Å². The summed E-state index contributed by atoms with van der Waals surface area (Å²) in [6, 6.07) is 42.0. The molecule has 0 spiro atoms. The summed E-state index contributed by atoms with van der Waals surface area (Å²) in [4.78, 5) is 9.90. The summed E-state index contributed by atoms with van der Waals surface area (Å²) in [6.07, 6.45) is 5.73. The normalized spacial score (nSPS) is 13.8. The third-order valence-electron chi connectivity index (χ3n) is 9.89. The Hall–Kier alpha value is -5.03. The molecule has 1 aliphatic heterocycles. The van der Waals surface area contributed by atoms with E-state index in [-0.39, 0.29) is 5.41 Å². The van der Waals surface area contributed by atoms with Crippen molar-refractivity contribution in [1.29, 1.82) is 0 Å². The van der Waals surface area contributed by atoms with Crippen LogP contribution in [0.25, 0.3) is 62.3 Å². The average molecular weight is 653 g/mol. The van der Waals surface area contributed by atoms with E-state index in [1.807, 2.05) is 60.1 Å². The number of benzene rings is 5. The first kappa shape index (κ1) is 29.1. The number of aromatic nitrogens is 2. The zero-order valence-corrected chi connectivity index (χ0v) is 28.5. The van der Waals surface area contributed by atoms with Crippen molar-refractivity contribution in [3.63, 3.8) is 0 Å². The highest BCUT2D eigenvalue weighted by molar-refractivity contribution is 8.05. The fourth-order valence-corrected chi connectivity index (χ4v) is 9.75. The number of nitrogens with zero attached hydrogens (tertiary/aromatic N) is 2. The molecule has 0 saturated heterocycles. The quantitative estimate of drug-likeness (QED) is 0.184. The molecular formula is C44H32N2S2. The summed E-state index contributed by atoms with van der Waals surface area (Å²) in [5.41, 5.74) is 14.2. The van der Waals surface area contributed by atoms with Gasteiger partial charge in [0.05, 0.1) is 16.9 Å². The monoisotopic (exact) mass is 652 g/mol. The lowest BCUT2D eigenvalue weighted by molar-refractivity contribution is 0.657. The Morgan fingerprint density at radius 2 is 1.29 bits per heavy atom. The first-order chi connectivity index (χ1) is 23.4. The molecule has 48 heavy (non-hydrogen) atoms. The molecule has 9 rings (SSSR count). The molecule has 0 amide bonds. The second kappa shape index (κ2) is 11.0. The van der Waals surface area contributed by atoms with E-state index in [1.54, 1.807) is 0 Å². The molecule has 2 aliphatic rings. The molecule has 3 heterocycles. The lowest BCUT2D eigenvalue weighted by Crippen LogP contribution is -2.15. The second-order valence-corrected chi connectivity index (χ2v) is 15.1. The van der Waals surface area contributed by atoms with E-state index in [1.165, 1.54) is 53.0 Å². The largest absolute Gasteiger partial charge is 0.309 e.